The Kier molecular flexibility index (Phi) is 4.52. The molecule has 9 heteroatoms. The minimum absolute atomic E-state index is 0.316. The molecule has 0 aliphatic rings. The van der Waals surface area contributed by atoms with E-state index in [1.807, 2.05) is 37.5 Å². The number of nitrogens with one attached hydrogen (secondary N) is 1. The van der Waals surface area contributed by atoms with Gasteiger partial charge in [-0.15, -0.1) is 0 Å². The summed E-state index contributed by atoms with van der Waals surface area (Å²) in [7, 11) is 0. The predicted molar refractivity (Wildman–Crippen MR) is 106 cm³/mol. The number of halogens is 1. The highest BCUT2D eigenvalue weighted by Gasteiger charge is 2.13. The molecular weight excluding hydrogens is 379 g/mol. The summed E-state index contributed by atoms with van der Waals surface area (Å²) in [5, 5.41) is 15.5. The number of aromatic nitrogens is 5. The van der Waals surface area contributed by atoms with Crippen LogP contribution < -0.4 is 0 Å². The van der Waals surface area contributed by atoms with Crippen molar-refractivity contribution in [1.82, 2.24) is 24.6 Å². The van der Waals surface area contributed by atoms with Crippen molar-refractivity contribution in [3.63, 3.8) is 0 Å². The molecule has 0 spiro atoms. The van der Waals surface area contributed by atoms with Gasteiger partial charge in [0.05, 0.1) is 6.21 Å². The summed E-state index contributed by atoms with van der Waals surface area (Å²) in [4.78, 5) is 0. The van der Waals surface area contributed by atoms with Crippen LogP contribution >= 0.6 is 12.2 Å². The fourth-order valence-corrected chi connectivity index (χ4v) is 3.21. The summed E-state index contributed by atoms with van der Waals surface area (Å²) in [5.74, 6) is 1.65. The first-order valence-corrected chi connectivity index (χ1v) is 8.95. The monoisotopic (exact) mass is 396 g/mol. The van der Waals surface area contributed by atoms with Crippen LogP contribution in [0.3, 0.4) is 0 Å². The Balaban J connectivity index is 1.72. The zero-order chi connectivity index (χ0) is 19.8. The van der Waals surface area contributed by atoms with E-state index < -0.39 is 0 Å². The normalized spacial score (nSPS) is 11.6. The fourth-order valence-electron chi connectivity index (χ4n) is 3.03. The Hall–Kier alpha value is -3.33. The molecular formula is C19H17FN6OS. The first kappa shape index (κ1) is 18.1. The van der Waals surface area contributed by atoms with Crippen molar-refractivity contribution in [2.75, 3.05) is 0 Å². The molecule has 4 rings (SSSR count). The molecule has 0 unspecified atom stereocenters. The molecule has 4 aromatic rings. The van der Waals surface area contributed by atoms with Crippen LogP contribution in [0.2, 0.25) is 0 Å². The molecule has 0 radical (unpaired) electrons. The summed E-state index contributed by atoms with van der Waals surface area (Å²) >= 11 is 5.29. The maximum absolute atomic E-state index is 13.2. The van der Waals surface area contributed by atoms with E-state index in [-0.39, 0.29) is 5.82 Å². The van der Waals surface area contributed by atoms with Crippen LogP contribution in [-0.4, -0.2) is 30.8 Å². The summed E-state index contributed by atoms with van der Waals surface area (Å²) in [6.07, 6.45) is 1.71. The van der Waals surface area contributed by atoms with Crippen molar-refractivity contribution < 1.29 is 8.91 Å². The average molecular weight is 396 g/mol. The number of rotatable bonds is 4. The minimum atomic E-state index is -0.316. The summed E-state index contributed by atoms with van der Waals surface area (Å²) in [6.45, 7) is 5.82. The number of benzene rings is 1. The average Bonchev–Trinajstić information content (AvgIpc) is 3.32. The third-order valence-corrected chi connectivity index (χ3v) is 4.64. The van der Waals surface area contributed by atoms with Crippen molar-refractivity contribution in [3.8, 4) is 17.2 Å². The molecule has 142 valence electrons. The number of aryl methyl sites for hydroxylation is 2. The maximum atomic E-state index is 13.2. The van der Waals surface area contributed by atoms with Crippen LogP contribution in [0.25, 0.3) is 17.2 Å². The van der Waals surface area contributed by atoms with Gasteiger partial charge in [-0.25, -0.2) is 9.49 Å². The van der Waals surface area contributed by atoms with Crippen LogP contribution in [0.4, 0.5) is 4.39 Å². The maximum Gasteiger partial charge on any atom is 0.216 e. The van der Waals surface area contributed by atoms with E-state index in [0.717, 1.165) is 28.5 Å². The van der Waals surface area contributed by atoms with Crippen molar-refractivity contribution in [2.45, 2.75) is 20.8 Å². The minimum Gasteiger partial charge on any atom is -0.360 e. The van der Waals surface area contributed by atoms with E-state index in [1.54, 1.807) is 18.3 Å². The standard InChI is InChI=1S/C19H17FN6OS/c1-11-8-15(13(3)25(11)17-9-12(2)27-24-17)10-21-26-18(22-23-19(26)28)14-4-6-16(20)7-5-14/h4-10H,1-3H3,(H,23,28)/b21-10-. The molecule has 0 aliphatic heterocycles. The quantitative estimate of drug-likeness (QED) is 0.411. The highest BCUT2D eigenvalue weighted by molar-refractivity contribution is 7.71. The van der Waals surface area contributed by atoms with E-state index in [4.69, 9.17) is 16.7 Å². The topological polar surface area (TPSA) is 76.9 Å². The zero-order valence-electron chi connectivity index (χ0n) is 15.5. The van der Waals surface area contributed by atoms with Gasteiger partial charge in [-0.1, -0.05) is 5.16 Å². The van der Waals surface area contributed by atoms with Gasteiger partial charge in [0, 0.05) is 28.6 Å². The Morgan fingerprint density at radius 3 is 2.61 bits per heavy atom. The molecule has 0 fully saturated rings. The number of aromatic amines is 1. The van der Waals surface area contributed by atoms with E-state index >= 15 is 0 Å². The molecule has 3 aromatic heterocycles. The zero-order valence-corrected chi connectivity index (χ0v) is 16.3. The molecule has 7 nitrogen and oxygen atoms in total. The first-order chi connectivity index (χ1) is 13.4. The molecule has 3 heterocycles. The third-order valence-electron chi connectivity index (χ3n) is 4.38. The van der Waals surface area contributed by atoms with Gasteiger partial charge in [-0.05, 0) is 63.3 Å². The van der Waals surface area contributed by atoms with Gasteiger partial charge in [0.15, 0.2) is 11.6 Å². The van der Waals surface area contributed by atoms with E-state index in [1.165, 1.54) is 16.8 Å². The first-order valence-electron chi connectivity index (χ1n) is 8.54. The Bertz CT molecular complexity index is 1230. The van der Waals surface area contributed by atoms with Crippen LogP contribution in [0.15, 0.2) is 46.0 Å². The lowest BCUT2D eigenvalue weighted by atomic mass is 10.2. The largest absolute Gasteiger partial charge is 0.360 e. The second-order valence-corrected chi connectivity index (χ2v) is 6.76. The van der Waals surface area contributed by atoms with Gasteiger partial charge >= 0.3 is 0 Å². The lowest BCUT2D eigenvalue weighted by Crippen LogP contribution is -2.00. The van der Waals surface area contributed by atoms with Gasteiger partial charge in [0.25, 0.3) is 0 Å². The Morgan fingerprint density at radius 2 is 1.93 bits per heavy atom. The third kappa shape index (κ3) is 3.20. The predicted octanol–water partition coefficient (Wildman–Crippen LogP) is 4.33. The van der Waals surface area contributed by atoms with Crippen molar-refractivity contribution in [2.24, 2.45) is 5.10 Å². The summed E-state index contributed by atoms with van der Waals surface area (Å²) in [5.41, 5.74) is 3.58. The van der Waals surface area contributed by atoms with Gasteiger partial charge in [0.1, 0.15) is 11.6 Å². The number of hydrogen-bond acceptors (Lipinski definition) is 5. The lowest BCUT2D eigenvalue weighted by Gasteiger charge is -2.04. The molecule has 0 atom stereocenters. The molecule has 0 saturated carbocycles. The van der Waals surface area contributed by atoms with Crippen LogP contribution in [-0.2, 0) is 0 Å². The molecule has 0 amide bonds. The Morgan fingerprint density at radius 1 is 1.18 bits per heavy atom. The number of nitrogens with zero attached hydrogens (tertiary/aromatic N) is 5. The van der Waals surface area contributed by atoms with E-state index in [2.05, 4.69) is 20.5 Å². The highest BCUT2D eigenvalue weighted by atomic mass is 32.1. The molecule has 0 saturated heterocycles. The van der Waals surface area contributed by atoms with Gasteiger partial charge in [-0.2, -0.15) is 14.9 Å². The van der Waals surface area contributed by atoms with Crippen molar-refractivity contribution in [3.05, 3.63) is 69.7 Å². The molecule has 1 N–H and O–H groups in total. The smallest absolute Gasteiger partial charge is 0.216 e. The molecule has 28 heavy (non-hydrogen) atoms. The van der Waals surface area contributed by atoms with E-state index in [0.29, 0.717) is 16.2 Å². The van der Waals surface area contributed by atoms with Crippen molar-refractivity contribution in [1.29, 1.82) is 0 Å². The molecule has 1 aromatic carbocycles. The molecule has 0 bridgehead atoms. The van der Waals surface area contributed by atoms with Crippen LogP contribution in [0.1, 0.15) is 22.7 Å². The fraction of sp³-hybridized carbons (Fsp3) is 0.158. The lowest BCUT2D eigenvalue weighted by molar-refractivity contribution is 0.394. The summed E-state index contributed by atoms with van der Waals surface area (Å²) in [6, 6.07) is 9.88. The number of H-pyrrole nitrogens is 1. The van der Waals surface area contributed by atoms with Gasteiger partial charge in [0.2, 0.25) is 4.77 Å². The molecule has 0 aliphatic carbocycles. The second-order valence-electron chi connectivity index (χ2n) is 6.37. The SMILES string of the molecule is Cc1cc(-n2c(C)cc(/C=N\n3c(-c4ccc(F)cc4)n[nH]c3=S)c2C)no1. The highest BCUT2D eigenvalue weighted by Crippen LogP contribution is 2.21. The summed E-state index contributed by atoms with van der Waals surface area (Å²) < 4.78 is 22.2. The van der Waals surface area contributed by atoms with Gasteiger partial charge in [-0.3, -0.25) is 4.57 Å². The van der Waals surface area contributed by atoms with E-state index in [9.17, 15) is 4.39 Å². The van der Waals surface area contributed by atoms with Crippen molar-refractivity contribution >= 4 is 18.4 Å². The number of hydrogen-bond donors (Lipinski definition) is 1. The van der Waals surface area contributed by atoms with Gasteiger partial charge < -0.3 is 4.52 Å². The van der Waals surface area contributed by atoms with Crippen LogP contribution in [0, 0.1) is 31.4 Å². The second kappa shape index (κ2) is 7.01. The van der Waals surface area contributed by atoms with Crippen LogP contribution in [0.5, 0.6) is 0 Å². The Labute approximate surface area is 165 Å².